The minimum Gasteiger partial charge on any atom is -0.463 e. The van der Waals surface area contributed by atoms with Crippen LogP contribution in [0.2, 0.25) is 0 Å². The van der Waals surface area contributed by atoms with E-state index < -0.39 is 5.41 Å². The first-order valence-electron chi connectivity index (χ1n) is 3.82. The topological polar surface area (TPSA) is 46.5 Å². The molecule has 3 nitrogen and oxygen atoms in total. The zero-order chi connectivity index (χ0) is 8.91. The molecule has 14 heavy (non-hydrogen) atoms. The fraction of sp³-hybridized carbons (Fsp3) is 0.909. The summed E-state index contributed by atoms with van der Waals surface area (Å²) in [5, 5.41) is 8.38. The quantitative estimate of drug-likeness (QED) is 0.723. The second-order valence-corrected chi connectivity index (χ2v) is 3.10. The Hall–Kier alpha value is -0.570. The zero-order valence-electron chi connectivity index (χ0n) is 7.39. The highest BCUT2D eigenvalue weighted by atomic mass is 16.5. The summed E-state index contributed by atoms with van der Waals surface area (Å²) in [6.07, 6.45) is 0.747. The van der Waals surface area contributed by atoms with Gasteiger partial charge < -0.3 is 9.84 Å². The van der Waals surface area contributed by atoms with Gasteiger partial charge in [0.1, 0.15) is 6.61 Å². The van der Waals surface area contributed by atoms with Crippen molar-refractivity contribution in [3.05, 3.63) is 0 Å². The molecule has 0 bridgehead atoms. The zero-order valence-corrected chi connectivity index (χ0v) is 7.39. The van der Waals surface area contributed by atoms with Crippen LogP contribution >= 0.6 is 0 Å². The first kappa shape index (κ1) is 23.3. The van der Waals surface area contributed by atoms with E-state index in [0.717, 1.165) is 6.42 Å². The molecule has 0 aliphatic heterocycles. The first-order chi connectivity index (χ1) is 5.04. The van der Waals surface area contributed by atoms with E-state index in [-0.39, 0.29) is 41.5 Å². The summed E-state index contributed by atoms with van der Waals surface area (Å²) >= 11 is 0. The molecule has 0 aromatic rings. The van der Waals surface area contributed by atoms with Crippen molar-refractivity contribution in [3.63, 3.8) is 0 Å². The van der Waals surface area contributed by atoms with E-state index in [2.05, 4.69) is 0 Å². The number of hydrogen-bond acceptors (Lipinski definition) is 3. The Morgan fingerprint density at radius 2 is 1.71 bits per heavy atom. The van der Waals surface area contributed by atoms with Crippen LogP contribution in [0.3, 0.4) is 0 Å². The molecule has 0 aromatic heterocycles. The normalized spacial score (nSPS) is 8.86. The number of carbonyl (C=O) groups is 1. The van der Waals surface area contributed by atoms with Crippen molar-refractivity contribution < 1.29 is 14.6 Å². The van der Waals surface area contributed by atoms with E-state index >= 15 is 0 Å². The van der Waals surface area contributed by atoms with Gasteiger partial charge in [0.25, 0.3) is 0 Å². The van der Waals surface area contributed by atoms with Crippen LogP contribution in [0.25, 0.3) is 0 Å². The van der Waals surface area contributed by atoms with E-state index in [9.17, 15) is 4.79 Å². The molecule has 0 amide bonds. The number of rotatable bonds is 4. The Morgan fingerprint density at radius 3 is 2.00 bits per heavy atom. The molecule has 1 N–H and O–H groups in total. The third-order valence-electron chi connectivity index (χ3n) is 1.76. The number of carbonyl (C=O) groups excluding carboxylic acids is 1. The van der Waals surface area contributed by atoms with Gasteiger partial charge in [0, 0.05) is 0 Å². The standard InChI is InChI=1S/C8H16O3.3CH4/c1-4-8(2,3)7(10)11-6-5-9;;;/h9H,4-6H2,1-3H3;3*1H4. The van der Waals surface area contributed by atoms with Crippen LogP contribution in [0.5, 0.6) is 0 Å². The monoisotopic (exact) mass is 208 g/mol. The van der Waals surface area contributed by atoms with E-state index in [4.69, 9.17) is 9.84 Å². The molecule has 0 spiro atoms. The highest BCUT2D eigenvalue weighted by molar-refractivity contribution is 5.75. The summed E-state index contributed by atoms with van der Waals surface area (Å²) < 4.78 is 4.76. The van der Waals surface area contributed by atoms with E-state index in [1.54, 1.807) is 0 Å². The lowest BCUT2D eigenvalue weighted by Gasteiger charge is -2.19. The number of esters is 1. The molecule has 0 aromatic carbocycles. The van der Waals surface area contributed by atoms with Crippen molar-refractivity contribution in [1.29, 1.82) is 0 Å². The summed E-state index contributed by atoms with van der Waals surface area (Å²) in [6, 6.07) is 0. The third kappa shape index (κ3) is 8.05. The average Bonchev–Trinajstić information content (AvgIpc) is 2.00. The van der Waals surface area contributed by atoms with Gasteiger partial charge in [0.15, 0.2) is 0 Å². The molecule has 0 unspecified atom stereocenters. The summed E-state index contributed by atoms with van der Waals surface area (Å²) in [6.45, 7) is 5.58. The van der Waals surface area contributed by atoms with Gasteiger partial charge in [-0.15, -0.1) is 0 Å². The summed E-state index contributed by atoms with van der Waals surface area (Å²) in [4.78, 5) is 11.1. The van der Waals surface area contributed by atoms with Gasteiger partial charge in [-0.05, 0) is 20.3 Å². The molecular formula is C11H28O3. The van der Waals surface area contributed by atoms with Crippen molar-refractivity contribution in [2.24, 2.45) is 5.41 Å². The van der Waals surface area contributed by atoms with Crippen molar-refractivity contribution in [3.8, 4) is 0 Å². The van der Waals surface area contributed by atoms with Crippen molar-refractivity contribution in [2.75, 3.05) is 13.2 Å². The maximum absolute atomic E-state index is 11.1. The van der Waals surface area contributed by atoms with Crippen LogP contribution in [-0.4, -0.2) is 24.3 Å². The van der Waals surface area contributed by atoms with E-state index in [1.165, 1.54) is 0 Å². The molecule has 0 radical (unpaired) electrons. The van der Waals surface area contributed by atoms with Gasteiger partial charge in [0.2, 0.25) is 0 Å². The number of ether oxygens (including phenoxy) is 1. The highest BCUT2D eigenvalue weighted by Crippen LogP contribution is 2.20. The van der Waals surface area contributed by atoms with Crippen molar-refractivity contribution in [2.45, 2.75) is 49.5 Å². The number of aliphatic hydroxyl groups is 1. The molecule has 0 aliphatic rings. The molecule has 3 heteroatoms. The maximum atomic E-state index is 11.1. The fourth-order valence-electron chi connectivity index (χ4n) is 0.478. The van der Waals surface area contributed by atoms with Crippen molar-refractivity contribution in [1.82, 2.24) is 0 Å². The van der Waals surface area contributed by atoms with E-state index in [1.807, 2.05) is 20.8 Å². The fourth-order valence-corrected chi connectivity index (χ4v) is 0.478. The van der Waals surface area contributed by atoms with Crippen LogP contribution in [0.4, 0.5) is 0 Å². The summed E-state index contributed by atoms with van der Waals surface area (Å²) in [5.41, 5.74) is -0.421. The van der Waals surface area contributed by atoms with Gasteiger partial charge in [-0.1, -0.05) is 29.2 Å². The molecule has 90 valence electrons. The van der Waals surface area contributed by atoms with Gasteiger partial charge >= 0.3 is 5.97 Å². The Bertz CT molecular complexity index is 130. The highest BCUT2D eigenvalue weighted by Gasteiger charge is 2.26. The van der Waals surface area contributed by atoms with Gasteiger partial charge in [-0.2, -0.15) is 0 Å². The van der Waals surface area contributed by atoms with E-state index in [0.29, 0.717) is 0 Å². The third-order valence-corrected chi connectivity index (χ3v) is 1.76. The largest absolute Gasteiger partial charge is 0.463 e. The maximum Gasteiger partial charge on any atom is 0.311 e. The number of hydrogen-bond donors (Lipinski definition) is 1. The predicted molar refractivity (Wildman–Crippen MR) is 62.3 cm³/mol. The predicted octanol–water partition coefficient (Wildman–Crippen LogP) is 2.87. The second-order valence-electron chi connectivity index (χ2n) is 3.10. The molecule has 0 heterocycles. The Labute approximate surface area is 89.5 Å². The van der Waals surface area contributed by atoms with Gasteiger partial charge in [0.05, 0.1) is 12.0 Å². The Morgan fingerprint density at radius 1 is 1.29 bits per heavy atom. The average molecular weight is 208 g/mol. The molecular weight excluding hydrogens is 180 g/mol. The van der Waals surface area contributed by atoms with Crippen LogP contribution < -0.4 is 0 Å². The van der Waals surface area contributed by atoms with Crippen LogP contribution in [-0.2, 0) is 9.53 Å². The lowest BCUT2D eigenvalue weighted by molar-refractivity contribution is -0.155. The van der Waals surface area contributed by atoms with Gasteiger partial charge in [-0.3, -0.25) is 4.79 Å². The van der Waals surface area contributed by atoms with Crippen LogP contribution in [0.15, 0.2) is 0 Å². The lowest BCUT2D eigenvalue weighted by atomic mass is 9.91. The minimum atomic E-state index is -0.421. The SMILES string of the molecule is C.C.C.CCC(C)(C)C(=O)OCCO. The van der Waals surface area contributed by atoms with Gasteiger partial charge in [-0.25, -0.2) is 0 Å². The Kier molecular flexibility index (Phi) is 17.5. The Balaban J connectivity index is -0.000000167. The summed E-state index contributed by atoms with van der Waals surface area (Å²) in [7, 11) is 0. The molecule has 0 fully saturated rings. The molecule has 0 aliphatic carbocycles. The lowest BCUT2D eigenvalue weighted by Crippen LogP contribution is -2.26. The van der Waals surface area contributed by atoms with Crippen LogP contribution in [0, 0.1) is 5.41 Å². The van der Waals surface area contributed by atoms with Crippen molar-refractivity contribution >= 4 is 5.97 Å². The molecule has 0 saturated carbocycles. The van der Waals surface area contributed by atoms with Crippen LogP contribution in [0.1, 0.15) is 49.5 Å². The minimum absolute atomic E-state index is 0. The first-order valence-corrected chi connectivity index (χ1v) is 3.82. The summed E-state index contributed by atoms with van der Waals surface area (Å²) in [5.74, 6) is -0.242. The molecule has 0 atom stereocenters. The molecule has 0 saturated heterocycles. The smallest absolute Gasteiger partial charge is 0.311 e. The number of aliphatic hydroxyl groups excluding tert-OH is 1. The second kappa shape index (κ2) is 10.5. The molecule has 0 rings (SSSR count).